The van der Waals surface area contributed by atoms with Crippen molar-refractivity contribution < 1.29 is 15.1 Å². The number of aliphatic hydroxyl groups is 2. The second-order valence-electron chi connectivity index (χ2n) is 2.10. The molecule has 0 saturated heterocycles. The highest BCUT2D eigenvalue weighted by Crippen LogP contribution is 2.13. The number of rotatable bonds is 3. The first-order valence-electron chi connectivity index (χ1n) is 2.81. The molecular weight excluding hydrogens is 134 g/mol. The molecule has 4 heteroatoms. The summed E-state index contributed by atoms with van der Waals surface area (Å²) in [6.45, 7) is 4.87. The first-order valence-corrected chi connectivity index (χ1v) is 2.81. The Bertz CT molecular complexity index is 133. The highest BCUT2D eigenvalue weighted by molar-refractivity contribution is 4.99. The maximum Gasteiger partial charge on any atom is 0.270 e. The second-order valence-corrected chi connectivity index (χ2v) is 2.10. The first kappa shape index (κ1) is 9.58. The zero-order valence-corrected chi connectivity index (χ0v) is 6.46. The molecule has 0 bridgehead atoms. The first-order chi connectivity index (χ1) is 4.42. The lowest BCUT2D eigenvalue weighted by atomic mass is 10.2. The van der Waals surface area contributed by atoms with Crippen molar-refractivity contribution in [3.8, 4) is 0 Å². The Morgan fingerprint density at radius 2 is 2.00 bits per heavy atom. The van der Waals surface area contributed by atoms with Crippen molar-refractivity contribution in [2.24, 2.45) is 0 Å². The number of hydrogen-bond acceptors (Lipinski definition) is 4. The average molecular weight is 147 g/mol. The van der Waals surface area contributed by atoms with Gasteiger partial charge in [0.05, 0.1) is 7.11 Å². The van der Waals surface area contributed by atoms with Gasteiger partial charge in [0.15, 0.2) is 0 Å². The third kappa shape index (κ3) is 1.78. The van der Waals surface area contributed by atoms with Crippen LogP contribution in [-0.2, 0) is 4.84 Å². The van der Waals surface area contributed by atoms with E-state index in [1.54, 1.807) is 0 Å². The van der Waals surface area contributed by atoms with E-state index in [1.165, 1.54) is 21.1 Å². The Kier molecular flexibility index (Phi) is 2.98. The zero-order chi connectivity index (χ0) is 8.36. The largest absolute Gasteiger partial charge is 0.348 e. The number of hydroxylamine groups is 2. The third-order valence-corrected chi connectivity index (χ3v) is 1.29. The Balaban J connectivity index is 4.23. The smallest absolute Gasteiger partial charge is 0.270 e. The van der Waals surface area contributed by atoms with Crippen molar-refractivity contribution in [2.75, 3.05) is 14.2 Å². The van der Waals surface area contributed by atoms with Crippen molar-refractivity contribution in [1.82, 2.24) is 5.06 Å². The summed E-state index contributed by atoms with van der Waals surface area (Å²) < 4.78 is 0. The molecule has 10 heavy (non-hydrogen) atoms. The van der Waals surface area contributed by atoms with Gasteiger partial charge in [-0.3, -0.25) is 4.84 Å². The lowest BCUT2D eigenvalue weighted by molar-refractivity contribution is -0.339. The van der Waals surface area contributed by atoms with E-state index in [0.717, 1.165) is 5.06 Å². The lowest BCUT2D eigenvalue weighted by Gasteiger charge is -2.29. The van der Waals surface area contributed by atoms with E-state index in [1.807, 2.05) is 0 Å². The Morgan fingerprint density at radius 1 is 1.60 bits per heavy atom. The molecule has 0 aliphatic rings. The van der Waals surface area contributed by atoms with Crippen molar-refractivity contribution >= 4 is 0 Å². The van der Waals surface area contributed by atoms with Gasteiger partial charge >= 0.3 is 0 Å². The van der Waals surface area contributed by atoms with Crippen molar-refractivity contribution in [3.05, 3.63) is 12.2 Å². The summed E-state index contributed by atoms with van der Waals surface area (Å²) in [5.41, 5.74) is 0.205. The Labute approximate surface area is 60.3 Å². The van der Waals surface area contributed by atoms with Crippen LogP contribution in [0.25, 0.3) is 0 Å². The van der Waals surface area contributed by atoms with Gasteiger partial charge < -0.3 is 10.2 Å². The van der Waals surface area contributed by atoms with Gasteiger partial charge in [-0.25, -0.2) is 0 Å². The molecule has 0 aliphatic carbocycles. The van der Waals surface area contributed by atoms with Gasteiger partial charge in [-0.2, -0.15) is 0 Å². The molecule has 0 atom stereocenters. The summed E-state index contributed by atoms with van der Waals surface area (Å²) in [6, 6.07) is 0. The monoisotopic (exact) mass is 147 g/mol. The second kappa shape index (κ2) is 3.12. The highest BCUT2D eigenvalue weighted by Gasteiger charge is 2.30. The molecule has 0 amide bonds. The van der Waals surface area contributed by atoms with Crippen LogP contribution >= 0.6 is 0 Å². The van der Waals surface area contributed by atoms with Crippen molar-refractivity contribution in [1.29, 1.82) is 0 Å². The maximum absolute atomic E-state index is 9.12. The molecule has 4 nitrogen and oxygen atoms in total. The molecule has 0 rings (SSSR count). The summed E-state index contributed by atoms with van der Waals surface area (Å²) in [5, 5.41) is 19.1. The van der Waals surface area contributed by atoms with E-state index < -0.39 is 5.91 Å². The summed E-state index contributed by atoms with van der Waals surface area (Å²) in [7, 11) is 2.73. The molecule has 0 spiro atoms. The molecule has 0 aromatic heterocycles. The van der Waals surface area contributed by atoms with Crippen LogP contribution in [0.3, 0.4) is 0 Å². The Morgan fingerprint density at radius 3 is 2.10 bits per heavy atom. The number of nitrogens with zero attached hydrogens (tertiary/aromatic N) is 1. The molecule has 0 saturated carbocycles. The van der Waals surface area contributed by atoms with Crippen molar-refractivity contribution in [2.45, 2.75) is 12.8 Å². The molecule has 0 aromatic carbocycles. The van der Waals surface area contributed by atoms with Gasteiger partial charge in [0, 0.05) is 7.05 Å². The van der Waals surface area contributed by atoms with Gasteiger partial charge in [-0.15, -0.1) is 5.06 Å². The van der Waals surface area contributed by atoms with Crippen LogP contribution in [0.15, 0.2) is 12.2 Å². The molecule has 0 aliphatic heterocycles. The minimum absolute atomic E-state index is 0.205. The Hall–Kier alpha value is -0.420. The fourth-order valence-corrected chi connectivity index (χ4v) is 0.396. The van der Waals surface area contributed by atoms with Crippen LogP contribution in [0.2, 0.25) is 0 Å². The van der Waals surface area contributed by atoms with E-state index in [0.29, 0.717) is 0 Å². The molecule has 0 heterocycles. The summed E-state index contributed by atoms with van der Waals surface area (Å²) in [4.78, 5) is 4.55. The van der Waals surface area contributed by atoms with Crippen LogP contribution in [0.5, 0.6) is 0 Å². The third-order valence-electron chi connectivity index (χ3n) is 1.29. The summed E-state index contributed by atoms with van der Waals surface area (Å²) in [6.07, 6.45) is 0. The number of hydrogen-bond donors (Lipinski definition) is 2. The summed E-state index contributed by atoms with van der Waals surface area (Å²) in [5.74, 6) is -2.07. The zero-order valence-electron chi connectivity index (χ0n) is 6.46. The minimum atomic E-state index is -2.07. The van der Waals surface area contributed by atoms with E-state index in [-0.39, 0.29) is 5.57 Å². The van der Waals surface area contributed by atoms with Gasteiger partial charge in [-0.1, -0.05) is 6.58 Å². The molecule has 0 unspecified atom stereocenters. The average Bonchev–Trinajstić information content (AvgIpc) is 1.86. The molecule has 0 aromatic rings. The molecule has 2 N–H and O–H groups in total. The van der Waals surface area contributed by atoms with E-state index in [2.05, 4.69) is 11.4 Å². The molecular formula is C6H13NO3. The van der Waals surface area contributed by atoms with Gasteiger partial charge in [0.1, 0.15) is 0 Å². The normalized spacial score (nSPS) is 12.2. The molecule has 0 radical (unpaired) electrons. The van der Waals surface area contributed by atoms with Crippen LogP contribution in [0.1, 0.15) is 6.92 Å². The predicted octanol–water partition coefficient (Wildman–Crippen LogP) is -0.306. The SMILES string of the molecule is C=C(C)C(O)(O)N(C)OC. The predicted molar refractivity (Wildman–Crippen MR) is 36.8 cm³/mol. The van der Waals surface area contributed by atoms with E-state index in [4.69, 9.17) is 10.2 Å². The standard InChI is InChI=1S/C6H13NO3/c1-5(2)6(8,9)7(3)10-4/h8-9H,1H2,2-4H3. The lowest BCUT2D eigenvalue weighted by Crippen LogP contribution is -2.46. The van der Waals surface area contributed by atoms with Crippen LogP contribution in [0, 0.1) is 0 Å². The quantitative estimate of drug-likeness (QED) is 0.327. The minimum Gasteiger partial charge on any atom is -0.348 e. The van der Waals surface area contributed by atoms with Crippen LogP contribution in [0.4, 0.5) is 0 Å². The molecule has 0 fully saturated rings. The fourth-order valence-electron chi connectivity index (χ4n) is 0.396. The number of likely N-dealkylation sites (N-methyl/N-ethyl adjacent to an activating group) is 1. The summed E-state index contributed by atoms with van der Waals surface area (Å²) >= 11 is 0. The van der Waals surface area contributed by atoms with Crippen LogP contribution in [-0.4, -0.2) is 35.3 Å². The van der Waals surface area contributed by atoms with Gasteiger partial charge in [0.25, 0.3) is 5.91 Å². The van der Waals surface area contributed by atoms with Gasteiger partial charge in [-0.05, 0) is 12.5 Å². The maximum atomic E-state index is 9.12. The molecule has 60 valence electrons. The highest BCUT2D eigenvalue weighted by atomic mass is 16.7. The van der Waals surface area contributed by atoms with Crippen molar-refractivity contribution in [3.63, 3.8) is 0 Å². The van der Waals surface area contributed by atoms with E-state index in [9.17, 15) is 0 Å². The van der Waals surface area contributed by atoms with Gasteiger partial charge in [0.2, 0.25) is 0 Å². The van der Waals surface area contributed by atoms with Crippen LogP contribution < -0.4 is 0 Å². The van der Waals surface area contributed by atoms with E-state index >= 15 is 0 Å². The fraction of sp³-hybridized carbons (Fsp3) is 0.667. The topological polar surface area (TPSA) is 52.9 Å².